The van der Waals surface area contributed by atoms with Crippen LogP contribution in [0.3, 0.4) is 0 Å². The first-order valence-electron chi connectivity index (χ1n) is 5.72. The first-order chi connectivity index (χ1) is 8.69. The second-order valence-corrected chi connectivity index (χ2v) is 4.08. The van der Waals surface area contributed by atoms with Crippen molar-refractivity contribution in [2.24, 2.45) is 0 Å². The highest BCUT2D eigenvalue weighted by atomic mass is 16.2. The molecule has 1 aliphatic heterocycles. The third-order valence-corrected chi connectivity index (χ3v) is 2.96. The van der Waals surface area contributed by atoms with E-state index < -0.39 is 0 Å². The zero-order chi connectivity index (χ0) is 13.1. The Morgan fingerprint density at radius 3 is 2.44 bits per heavy atom. The van der Waals surface area contributed by atoms with E-state index in [-0.39, 0.29) is 24.7 Å². The summed E-state index contributed by atoms with van der Waals surface area (Å²) in [6.45, 7) is 3.63. The molecule has 0 N–H and O–H groups in total. The monoisotopic (exact) mass is 243 g/mol. The van der Waals surface area contributed by atoms with Gasteiger partial charge >= 0.3 is 0 Å². The molecule has 0 aliphatic carbocycles. The summed E-state index contributed by atoms with van der Waals surface area (Å²) in [6, 6.07) is 5.03. The molecule has 0 bridgehead atoms. The van der Waals surface area contributed by atoms with Gasteiger partial charge in [-0.2, -0.15) is 0 Å². The summed E-state index contributed by atoms with van der Waals surface area (Å²) in [5.74, 6) is -0.429. The van der Waals surface area contributed by atoms with Crippen LogP contribution in [0.5, 0.6) is 0 Å². The Hall–Kier alpha value is -2.23. The summed E-state index contributed by atoms with van der Waals surface area (Å²) in [5, 5.41) is 0. The van der Waals surface area contributed by atoms with Gasteiger partial charge in [-0.1, -0.05) is 18.2 Å². The van der Waals surface area contributed by atoms with Gasteiger partial charge in [0.25, 0.3) is 0 Å². The third kappa shape index (κ3) is 1.97. The van der Waals surface area contributed by atoms with Crippen molar-refractivity contribution in [1.29, 1.82) is 0 Å². The van der Waals surface area contributed by atoms with Gasteiger partial charge in [-0.05, 0) is 18.1 Å². The van der Waals surface area contributed by atoms with Crippen LogP contribution in [-0.2, 0) is 16.0 Å². The molecule has 0 atom stereocenters. The molecule has 1 aromatic rings. The van der Waals surface area contributed by atoms with E-state index in [1.165, 1.54) is 4.90 Å². The smallest absolute Gasteiger partial charge is 0.234 e. The van der Waals surface area contributed by atoms with Crippen LogP contribution in [0.1, 0.15) is 28.8 Å². The van der Waals surface area contributed by atoms with Crippen molar-refractivity contribution in [3.63, 3.8) is 0 Å². The summed E-state index contributed by atoms with van der Waals surface area (Å²) < 4.78 is 0. The highest BCUT2D eigenvalue weighted by molar-refractivity contribution is 6.20. The van der Waals surface area contributed by atoms with E-state index in [9.17, 15) is 14.4 Å². The van der Waals surface area contributed by atoms with Gasteiger partial charge in [0.15, 0.2) is 0 Å². The highest BCUT2D eigenvalue weighted by Gasteiger charge is 2.31. The van der Waals surface area contributed by atoms with Crippen molar-refractivity contribution in [2.45, 2.75) is 19.3 Å². The lowest BCUT2D eigenvalue weighted by atomic mass is 10.0. The zero-order valence-corrected chi connectivity index (χ0v) is 9.89. The fourth-order valence-corrected chi connectivity index (χ4v) is 2.12. The van der Waals surface area contributed by atoms with Gasteiger partial charge in [-0.3, -0.25) is 19.3 Å². The number of carbonyl (C=O) groups is 3. The highest BCUT2D eigenvalue weighted by Crippen LogP contribution is 2.28. The van der Waals surface area contributed by atoms with Crippen LogP contribution in [-0.4, -0.2) is 18.1 Å². The number of anilines is 1. The maximum Gasteiger partial charge on any atom is 0.234 e. The summed E-state index contributed by atoms with van der Waals surface area (Å²) in [7, 11) is 0. The molecule has 4 heteroatoms. The normalized spacial score (nSPS) is 15.0. The van der Waals surface area contributed by atoms with Crippen molar-refractivity contribution in [3.05, 3.63) is 42.0 Å². The van der Waals surface area contributed by atoms with Crippen LogP contribution in [0, 0.1) is 0 Å². The maximum atomic E-state index is 11.7. The minimum Gasteiger partial charge on any atom is -0.298 e. The molecule has 1 heterocycles. The number of rotatable bonds is 4. The van der Waals surface area contributed by atoms with Gasteiger partial charge in [0, 0.05) is 18.4 Å². The third-order valence-electron chi connectivity index (χ3n) is 2.96. The lowest BCUT2D eigenvalue weighted by Gasteiger charge is -2.18. The second kappa shape index (κ2) is 4.96. The predicted molar refractivity (Wildman–Crippen MR) is 67.5 cm³/mol. The van der Waals surface area contributed by atoms with E-state index in [2.05, 4.69) is 6.58 Å². The average Bonchev–Trinajstić information content (AvgIpc) is 2.70. The average molecular weight is 243 g/mol. The molecule has 0 saturated carbocycles. The lowest BCUT2D eigenvalue weighted by Crippen LogP contribution is -2.29. The molecule has 4 nitrogen and oxygen atoms in total. The topological polar surface area (TPSA) is 54.5 Å². The first-order valence-corrected chi connectivity index (χ1v) is 5.72. The fraction of sp³-hybridized carbons (Fsp3) is 0.214. The van der Waals surface area contributed by atoms with Gasteiger partial charge in [0.1, 0.15) is 6.29 Å². The molecule has 2 amide bonds. The molecular weight excluding hydrogens is 230 g/mol. The Morgan fingerprint density at radius 1 is 1.22 bits per heavy atom. The molecule has 1 aromatic carbocycles. The quantitative estimate of drug-likeness (QED) is 0.461. The van der Waals surface area contributed by atoms with E-state index in [1.54, 1.807) is 24.3 Å². The van der Waals surface area contributed by atoms with Gasteiger partial charge in [0.2, 0.25) is 11.8 Å². The number of carbonyl (C=O) groups excluding carboxylic acids is 3. The number of hydrogen-bond acceptors (Lipinski definition) is 3. The van der Waals surface area contributed by atoms with Crippen molar-refractivity contribution in [1.82, 2.24) is 0 Å². The van der Waals surface area contributed by atoms with Crippen molar-refractivity contribution in [3.8, 4) is 0 Å². The molecule has 0 spiro atoms. The van der Waals surface area contributed by atoms with Crippen LogP contribution in [0.4, 0.5) is 5.69 Å². The number of amides is 2. The Kier molecular flexibility index (Phi) is 3.37. The van der Waals surface area contributed by atoms with E-state index in [1.807, 2.05) is 0 Å². The van der Waals surface area contributed by atoms with Crippen molar-refractivity contribution < 1.29 is 14.4 Å². The predicted octanol–water partition coefficient (Wildman–Crippen LogP) is 1.88. The van der Waals surface area contributed by atoms with E-state index in [0.717, 1.165) is 6.29 Å². The number of allylic oxidation sites excluding steroid dienone is 1. The van der Waals surface area contributed by atoms with Gasteiger partial charge in [-0.15, -0.1) is 6.58 Å². The minimum absolute atomic E-state index is 0.214. The van der Waals surface area contributed by atoms with Crippen LogP contribution in [0.25, 0.3) is 0 Å². The summed E-state index contributed by atoms with van der Waals surface area (Å²) in [6.07, 6.45) is 3.29. The van der Waals surface area contributed by atoms with Gasteiger partial charge in [-0.25, -0.2) is 0 Å². The molecule has 1 aliphatic rings. The molecular formula is C14H13NO3. The van der Waals surface area contributed by atoms with Crippen LogP contribution >= 0.6 is 0 Å². The Bertz CT molecular complexity index is 518. The number of benzene rings is 1. The molecule has 0 unspecified atom stereocenters. The van der Waals surface area contributed by atoms with Gasteiger partial charge < -0.3 is 0 Å². The largest absolute Gasteiger partial charge is 0.298 e. The van der Waals surface area contributed by atoms with Crippen LogP contribution < -0.4 is 4.90 Å². The molecule has 0 radical (unpaired) electrons. The van der Waals surface area contributed by atoms with Crippen LogP contribution in [0.15, 0.2) is 30.9 Å². The standard InChI is InChI=1S/C14H13NO3/c1-2-4-11-10(9-16)5-3-6-12(11)15-13(17)7-8-14(15)18/h2-3,5-6,9H,1,4,7-8H2. The maximum absolute atomic E-state index is 11.7. The Labute approximate surface area is 105 Å². The van der Waals surface area contributed by atoms with Crippen LogP contribution in [0.2, 0.25) is 0 Å². The molecule has 1 saturated heterocycles. The van der Waals surface area contributed by atoms with Gasteiger partial charge in [0.05, 0.1) is 5.69 Å². The number of nitrogens with zero attached hydrogens (tertiary/aromatic N) is 1. The SMILES string of the molecule is C=CCc1c(C=O)cccc1N1C(=O)CCC1=O. The van der Waals surface area contributed by atoms with E-state index in [0.29, 0.717) is 23.2 Å². The molecule has 2 rings (SSSR count). The number of aldehydes is 1. The Morgan fingerprint density at radius 2 is 1.89 bits per heavy atom. The lowest BCUT2D eigenvalue weighted by molar-refractivity contribution is -0.121. The fourth-order valence-electron chi connectivity index (χ4n) is 2.12. The van der Waals surface area contributed by atoms with E-state index in [4.69, 9.17) is 0 Å². The second-order valence-electron chi connectivity index (χ2n) is 4.08. The molecule has 92 valence electrons. The van der Waals surface area contributed by atoms with E-state index >= 15 is 0 Å². The van der Waals surface area contributed by atoms with Crippen molar-refractivity contribution in [2.75, 3.05) is 4.90 Å². The molecule has 18 heavy (non-hydrogen) atoms. The summed E-state index contributed by atoms with van der Waals surface area (Å²) >= 11 is 0. The first kappa shape index (κ1) is 12.2. The molecule has 1 fully saturated rings. The van der Waals surface area contributed by atoms with Crippen molar-refractivity contribution >= 4 is 23.8 Å². The number of imide groups is 1. The minimum atomic E-state index is -0.214. The number of hydrogen-bond donors (Lipinski definition) is 0. The zero-order valence-electron chi connectivity index (χ0n) is 9.89. The molecule has 0 aromatic heterocycles. The Balaban J connectivity index is 2.55. The summed E-state index contributed by atoms with van der Waals surface area (Å²) in [4.78, 5) is 35.6. The summed E-state index contributed by atoms with van der Waals surface area (Å²) in [5.41, 5.74) is 1.66.